The number of para-hydroxylation sites is 1. The zero-order chi connectivity index (χ0) is 19.2. The molecule has 0 aliphatic heterocycles. The number of amides is 1. The smallest absolute Gasteiger partial charge is 0.224 e. The molecule has 3 aromatic rings. The van der Waals surface area contributed by atoms with Gasteiger partial charge >= 0.3 is 0 Å². The number of hydrogen-bond acceptors (Lipinski definition) is 5. The quantitative estimate of drug-likeness (QED) is 0.696. The Morgan fingerprint density at radius 1 is 1.00 bits per heavy atom. The van der Waals surface area contributed by atoms with Gasteiger partial charge in [0.15, 0.2) is 11.5 Å². The fraction of sp³-hybridized carbons (Fsp3) is 0.238. The minimum atomic E-state index is -0.0816. The van der Waals surface area contributed by atoms with E-state index in [1.807, 2.05) is 42.5 Å². The number of nitrogens with one attached hydrogen (secondary N) is 1. The third kappa shape index (κ3) is 4.11. The van der Waals surface area contributed by atoms with E-state index in [0.717, 1.165) is 22.0 Å². The number of aromatic nitrogens is 1. The predicted molar refractivity (Wildman–Crippen MR) is 103 cm³/mol. The predicted octanol–water partition coefficient (Wildman–Crippen LogP) is 3.12. The van der Waals surface area contributed by atoms with Crippen molar-refractivity contribution in [2.75, 3.05) is 21.3 Å². The summed E-state index contributed by atoms with van der Waals surface area (Å²) in [7, 11) is 4.68. The van der Waals surface area contributed by atoms with Gasteiger partial charge in [0.25, 0.3) is 0 Å². The molecule has 6 heteroatoms. The van der Waals surface area contributed by atoms with Crippen molar-refractivity contribution in [3.63, 3.8) is 0 Å². The van der Waals surface area contributed by atoms with Crippen LogP contribution in [0.25, 0.3) is 10.9 Å². The van der Waals surface area contributed by atoms with Crippen LogP contribution in [0.2, 0.25) is 0 Å². The number of pyridine rings is 1. The van der Waals surface area contributed by atoms with Crippen molar-refractivity contribution in [1.82, 2.24) is 10.3 Å². The second-order valence-corrected chi connectivity index (χ2v) is 5.98. The third-order valence-corrected chi connectivity index (χ3v) is 4.28. The lowest BCUT2D eigenvalue weighted by atomic mass is 10.1. The number of methoxy groups -OCH3 is 3. The molecule has 2 aromatic carbocycles. The molecule has 6 nitrogen and oxygen atoms in total. The Bertz CT molecular complexity index is 926. The summed E-state index contributed by atoms with van der Waals surface area (Å²) in [4.78, 5) is 16.8. The van der Waals surface area contributed by atoms with Gasteiger partial charge in [0.1, 0.15) is 0 Å². The highest BCUT2D eigenvalue weighted by Crippen LogP contribution is 2.38. The average Bonchev–Trinajstić information content (AvgIpc) is 2.71. The number of carbonyl (C=O) groups excluding carboxylic acids is 1. The molecular formula is C21H22N2O4. The molecule has 0 aliphatic carbocycles. The Balaban J connectivity index is 1.72. The molecule has 140 valence electrons. The molecule has 0 aliphatic rings. The van der Waals surface area contributed by atoms with E-state index in [4.69, 9.17) is 14.2 Å². The number of nitrogens with zero attached hydrogens (tertiary/aromatic N) is 1. The van der Waals surface area contributed by atoms with Gasteiger partial charge in [0.2, 0.25) is 11.7 Å². The second kappa shape index (κ2) is 8.40. The SMILES string of the molecule is COc1cc(CNC(=O)Cc2cccc3cccnc23)cc(OC)c1OC. The minimum absolute atomic E-state index is 0.0816. The summed E-state index contributed by atoms with van der Waals surface area (Å²) in [6.45, 7) is 0.355. The fourth-order valence-corrected chi connectivity index (χ4v) is 2.98. The Kier molecular flexibility index (Phi) is 5.76. The highest BCUT2D eigenvalue weighted by molar-refractivity contribution is 5.87. The van der Waals surface area contributed by atoms with E-state index in [1.54, 1.807) is 27.5 Å². The molecule has 0 fully saturated rings. The van der Waals surface area contributed by atoms with Crippen molar-refractivity contribution in [2.45, 2.75) is 13.0 Å². The van der Waals surface area contributed by atoms with Crippen molar-refractivity contribution in [1.29, 1.82) is 0 Å². The molecule has 0 atom stereocenters. The van der Waals surface area contributed by atoms with Crippen molar-refractivity contribution in [3.05, 3.63) is 59.8 Å². The first-order chi connectivity index (χ1) is 13.2. The van der Waals surface area contributed by atoms with E-state index in [-0.39, 0.29) is 12.3 Å². The fourth-order valence-electron chi connectivity index (χ4n) is 2.98. The summed E-state index contributed by atoms with van der Waals surface area (Å²) in [5, 5.41) is 3.95. The number of benzene rings is 2. The lowest BCUT2D eigenvalue weighted by molar-refractivity contribution is -0.120. The molecule has 27 heavy (non-hydrogen) atoms. The lowest BCUT2D eigenvalue weighted by Crippen LogP contribution is -2.24. The summed E-state index contributed by atoms with van der Waals surface area (Å²) in [6, 6.07) is 13.4. The van der Waals surface area contributed by atoms with Gasteiger partial charge in [0, 0.05) is 18.1 Å². The average molecular weight is 366 g/mol. The Morgan fingerprint density at radius 2 is 1.70 bits per heavy atom. The van der Waals surface area contributed by atoms with Crippen LogP contribution in [0, 0.1) is 0 Å². The van der Waals surface area contributed by atoms with Crippen LogP contribution in [-0.4, -0.2) is 32.2 Å². The topological polar surface area (TPSA) is 69.7 Å². The standard InChI is InChI=1S/C21H22N2O4/c1-25-17-10-14(11-18(26-2)21(17)27-3)13-23-19(24)12-16-7-4-6-15-8-5-9-22-20(15)16/h4-11H,12-13H2,1-3H3,(H,23,24). The maximum absolute atomic E-state index is 12.4. The van der Waals surface area contributed by atoms with Crippen molar-refractivity contribution >= 4 is 16.8 Å². The van der Waals surface area contributed by atoms with Gasteiger partial charge in [-0.05, 0) is 29.3 Å². The number of fused-ring (bicyclic) bond motifs is 1. The molecule has 0 unspecified atom stereocenters. The summed E-state index contributed by atoms with van der Waals surface area (Å²) in [5.74, 6) is 1.55. The molecule has 0 bridgehead atoms. The minimum Gasteiger partial charge on any atom is -0.493 e. The number of carbonyl (C=O) groups is 1. The van der Waals surface area contributed by atoms with E-state index in [1.165, 1.54) is 0 Å². The monoisotopic (exact) mass is 366 g/mol. The first-order valence-corrected chi connectivity index (χ1v) is 8.54. The second-order valence-electron chi connectivity index (χ2n) is 5.98. The normalized spacial score (nSPS) is 10.5. The first-order valence-electron chi connectivity index (χ1n) is 8.54. The van der Waals surface area contributed by atoms with E-state index in [9.17, 15) is 4.79 Å². The van der Waals surface area contributed by atoms with E-state index < -0.39 is 0 Å². The summed E-state index contributed by atoms with van der Waals surface area (Å²) < 4.78 is 16.0. The van der Waals surface area contributed by atoms with E-state index >= 15 is 0 Å². The lowest BCUT2D eigenvalue weighted by Gasteiger charge is -2.14. The largest absolute Gasteiger partial charge is 0.493 e. The summed E-state index contributed by atoms with van der Waals surface area (Å²) in [6.07, 6.45) is 2.00. The molecule has 3 rings (SSSR count). The van der Waals surface area contributed by atoms with Gasteiger partial charge in [-0.1, -0.05) is 24.3 Å². The van der Waals surface area contributed by atoms with Crippen LogP contribution in [0.3, 0.4) is 0 Å². The maximum atomic E-state index is 12.4. The maximum Gasteiger partial charge on any atom is 0.224 e. The molecule has 0 saturated carbocycles. The summed E-state index contributed by atoms with van der Waals surface area (Å²) >= 11 is 0. The van der Waals surface area contributed by atoms with Gasteiger partial charge in [-0.2, -0.15) is 0 Å². The zero-order valence-electron chi connectivity index (χ0n) is 15.6. The van der Waals surface area contributed by atoms with Gasteiger partial charge < -0.3 is 19.5 Å². The van der Waals surface area contributed by atoms with Crippen molar-refractivity contribution < 1.29 is 19.0 Å². The number of rotatable bonds is 7. The Hall–Kier alpha value is -3.28. The molecule has 1 amide bonds. The Morgan fingerprint density at radius 3 is 2.37 bits per heavy atom. The van der Waals surface area contributed by atoms with Crippen LogP contribution in [0.15, 0.2) is 48.7 Å². The van der Waals surface area contributed by atoms with Crippen molar-refractivity contribution in [3.8, 4) is 17.2 Å². The molecular weight excluding hydrogens is 344 g/mol. The van der Waals surface area contributed by atoms with Gasteiger partial charge in [-0.25, -0.2) is 0 Å². The van der Waals surface area contributed by atoms with Crippen molar-refractivity contribution in [2.24, 2.45) is 0 Å². The Labute approximate surface area is 158 Å². The third-order valence-electron chi connectivity index (χ3n) is 4.28. The molecule has 1 heterocycles. The summed E-state index contributed by atoms with van der Waals surface area (Å²) in [5.41, 5.74) is 2.60. The molecule has 1 aromatic heterocycles. The number of hydrogen-bond donors (Lipinski definition) is 1. The van der Waals surface area contributed by atoms with Crippen LogP contribution in [0.1, 0.15) is 11.1 Å². The number of ether oxygens (including phenoxy) is 3. The highest BCUT2D eigenvalue weighted by Gasteiger charge is 2.14. The highest BCUT2D eigenvalue weighted by atomic mass is 16.5. The van der Waals surface area contributed by atoms with Crippen LogP contribution >= 0.6 is 0 Å². The molecule has 0 radical (unpaired) electrons. The van der Waals surface area contributed by atoms with Gasteiger partial charge in [-0.15, -0.1) is 0 Å². The van der Waals surface area contributed by atoms with Crippen LogP contribution in [0.4, 0.5) is 0 Å². The van der Waals surface area contributed by atoms with E-state index in [0.29, 0.717) is 23.8 Å². The molecule has 0 spiro atoms. The van der Waals surface area contributed by atoms with Crippen LogP contribution in [-0.2, 0) is 17.8 Å². The molecule has 1 N–H and O–H groups in total. The van der Waals surface area contributed by atoms with Gasteiger partial charge in [0.05, 0.1) is 33.3 Å². The van der Waals surface area contributed by atoms with Crippen LogP contribution < -0.4 is 19.5 Å². The van der Waals surface area contributed by atoms with Gasteiger partial charge in [-0.3, -0.25) is 9.78 Å². The van der Waals surface area contributed by atoms with E-state index in [2.05, 4.69) is 10.3 Å². The zero-order valence-corrected chi connectivity index (χ0v) is 15.6. The van der Waals surface area contributed by atoms with Crippen LogP contribution in [0.5, 0.6) is 17.2 Å². The first kappa shape index (κ1) is 18.5. The molecule has 0 saturated heterocycles.